The van der Waals surface area contributed by atoms with Gasteiger partial charge >= 0.3 is 0 Å². The maximum absolute atomic E-state index is 12.1. The Hall–Kier alpha value is -1.34. The number of hydrogen-bond acceptors (Lipinski definition) is 6. The highest BCUT2D eigenvalue weighted by Crippen LogP contribution is 2.27. The second-order valence-corrected chi connectivity index (χ2v) is 6.14. The summed E-state index contributed by atoms with van der Waals surface area (Å²) in [4.78, 5) is 12.1. The van der Waals surface area contributed by atoms with Gasteiger partial charge in [0.2, 0.25) is 0 Å². The van der Waals surface area contributed by atoms with Crippen molar-refractivity contribution >= 4 is 28.3 Å². The van der Waals surface area contributed by atoms with E-state index >= 15 is 0 Å². The Labute approximate surface area is 123 Å². The third-order valence-corrected chi connectivity index (χ3v) is 3.99. The molecule has 7 heteroatoms. The van der Waals surface area contributed by atoms with Crippen LogP contribution in [0.25, 0.3) is 0 Å². The third-order valence-electron chi connectivity index (χ3n) is 3.17. The van der Waals surface area contributed by atoms with Crippen molar-refractivity contribution in [3.05, 3.63) is 5.56 Å². The van der Waals surface area contributed by atoms with E-state index in [9.17, 15) is 4.79 Å². The van der Waals surface area contributed by atoms with E-state index in [4.69, 9.17) is 10.5 Å². The zero-order valence-corrected chi connectivity index (χ0v) is 12.8. The molecule has 2 heterocycles. The molecule has 6 nitrogen and oxygen atoms in total. The molecule has 20 heavy (non-hydrogen) atoms. The van der Waals surface area contributed by atoms with Crippen LogP contribution in [0.1, 0.15) is 37.0 Å². The lowest BCUT2D eigenvalue weighted by atomic mass is 10.0. The van der Waals surface area contributed by atoms with Gasteiger partial charge in [-0.2, -0.15) is 4.37 Å². The molecular weight excluding hydrogens is 276 g/mol. The van der Waals surface area contributed by atoms with Crippen LogP contribution < -0.4 is 16.4 Å². The smallest absolute Gasteiger partial charge is 0.258 e. The van der Waals surface area contributed by atoms with Crippen molar-refractivity contribution in [1.82, 2.24) is 9.69 Å². The molecule has 0 bridgehead atoms. The Morgan fingerprint density at radius 1 is 1.60 bits per heavy atom. The normalized spacial score (nSPS) is 19.1. The van der Waals surface area contributed by atoms with E-state index in [1.54, 1.807) is 0 Å². The lowest BCUT2D eigenvalue weighted by Gasteiger charge is -2.22. The molecule has 1 saturated heterocycles. The predicted octanol–water partition coefficient (Wildman–Crippen LogP) is 1.70. The highest BCUT2D eigenvalue weighted by Gasteiger charge is 2.21. The zero-order valence-electron chi connectivity index (χ0n) is 11.9. The molecule has 1 amide bonds. The number of nitrogen functional groups attached to an aromatic ring is 1. The molecule has 1 aromatic heterocycles. The first-order valence-corrected chi connectivity index (χ1v) is 7.73. The van der Waals surface area contributed by atoms with Crippen LogP contribution in [0.4, 0.5) is 10.8 Å². The van der Waals surface area contributed by atoms with Crippen molar-refractivity contribution in [2.24, 2.45) is 5.92 Å². The molecule has 1 atom stereocenters. The summed E-state index contributed by atoms with van der Waals surface area (Å²) < 4.78 is 9.52. The molecule has 2 rings (SSSR count). The average Bonchev–Trinajstić information content (AvgIpc) is 2.78. The molecule has 1 fully saturated rings. The van der Waals surface area contributed by atoms with E-state index in [-0.39, 0.29) is 17.8 Å². The van der Waals surface area contributed by atoms with Gasteiger partial charge in [0.15, 0.2) is 5.82 Å². The van der Waals surface area contributed by atoms with Crippen molar-refractivity contribution in [3.63, 3.8) is 0 Å². The molecule has 0 aliphatic carbocycles. The number of nitrogens with two attached hydrogens (primary N) is 1. The summed E-state index contributed by atoms with van der Waals surface area (Å²) in [6.07, 6.45) is 2.24. The van der Waals surface area contributed by atoms with Crippen LogP contribution in [0.2, 0.25) is 0 Å². The van der Waals surface area contributed by atoms with Gasteiger partial charge in [0.25, 0.3) is 5.91 Å². The molecule has 0 saturated carbocycles. The van der Waals surface area contributed by atoms with E-state index in [0.717, 1.165) is 37.6 Å². The maximum Gasteiger partial charge on any atom is 0.258 e. The fraction of sp³-hybridized carbons (Fsp3) is 0.692. The van der Waals surface area contributed by atoms with E-state index in [2.05, 4.69) is 15.0 Å². The first-order valence-electron chi connectivity index (χ1n) is 6.95. The highest BCUT2D eigenvalue weighted by molar-refractivity contribution is 7.11. The number of amides is 1. The summed E-state index contributed by atoms with van der Waals surface area (Å²) in [6, 6.07) is 0.0707. The van der Waals surface area contributed by atoms with Gasteiger partial charge < -0.3 is 21.1 Å². The quantitative estimate of drug-likeness (QED) is 0.770. The minimum absolute atomic E-state index is 0.0707. The Balaban J connectivity index is 1.99. The van der Waals surface area contributed by atoms with Gasteiger partial charge in [0.05, 0.1) is 6.61 Å². The summed E-state index contributed by atoms with van der Waals surface area (Å²) >= 11 is 1.23. The third kappa shape index (κ3) is 3.83. The standard InChI is InChI=1S/C13H22N4O2S/c1-8(2)16-12(18)10-11(14)17-20-13(10)15-6-9-4-3-5-19-7-9/h8-9,15H,3-7H2,1-2H3,(H2,14,17)(H,16,18). The number of hydrogen-bond donors (Lipinski definition) is 3. The van der Waals surface area contributed by atoms with Crippen LogP contribution in [-0.4, -0.2) is 36.1 Å². The number of carbonyl (C=O) groups excluding carboxylic acids is 1. The summed E-state index contributed by atoms with van der Waals surface area (Å²) in [7, 11) is 0. The van der Waals surface area contributed by atoms with E-state index in [1.165, 1.54) is 11.5 Å². The van der Waals surface area contributed by atoms with Gasteiger partial charge in [-0.05, 0) is 44.1 Å². The van der Waals surface area contributed by atoms with Crippen molar-refractivity contribution < 1.29 is 9.53 Å². The number of anilines is 2. The summed E-state index contributed by atoms with van der Waals surface area (Å²) in [6.45, 7) is 6.24. The molecule has 1 unspecified atom stereocenters. The van der Waals surface area contributed by atoms with Crippen molar-refractivity contribution in [1.29, 1.82) is 0 Å². The van der Waals surface area contributed by atoms with Gasteiger partial charge in [-0.25, -0.2) is 0 Å². The van der Waals surface area contributed by atoms with E-state index in [0.29, 0.717) is 11.5 Å². The minimum atomic E-state index is -0.173. The van der Waals surface area contributed by atoms with Gasteiger partial charge in [-0.1, -0.05) is 0 Å². The first-order chi connectivity index (χ1) is 9.58. The lowest BCUT2D eigenvalue weighted by Crippen LogP contribution is -2.31. The van der Waals surface area contributed by atoms with Crippen LogP contribution in [-0.2, 0) is 4.74 Å². The minimum Gasteiger partial charge on any atom is -0.382 e. The van der Waals surface area contributed by atoms with Crippen molar-refractivity contribution in [2.45, 2.75) is 32.7 Å². The Morgan fingerprint density at radius 3 is 3.05 bits per heavy atom. The molecule has 4 N–H and O–H groups in total. The Kier molecular flexibility index (Phi) is 5.19. The molecule has 1 aromatic rings. The molecule has 112 valence electrons. The van der Waals surface area contributed by atoms with Gasteiger partial charge in [-0.3, -0.25) is 4.79 Å². The number of aromatic nitrogens is 1. The van der Waals surface area contributed by atoms with Gasteiger partial charge in [-0.15, -0.1) is 0 Å². The number of ether oxygens (including phenoxy) is 1. The summed E-state index contributed by atoms with van der Waals surface area (Å²) in [5.41, 5.74) is 6.26. The first kappa shape index (κ1) is 15.1. The highest BCUT2D eigenvalue weighted by atomic mass is 32.1. The molecule has 0 aromatic carbocycles. The number of nitrogens with one attached hydrogen (secondary N) is 2. The Bertz CT molecular complexity index is 455. The van der Waals surface area contributed by atoms with Gasteiger partial charge in [0.1, 0.15) is 10.6 Å². The summed E-state index contributed by atoms with van der Waals surface area (Å²) in [5, 5.41) is 6.88. The molecule has 0 radical (unpaired) electrons. The van der Waals surface area contributed by atoms with E-state index in [1.807, 2.05) is 13.8 Å². The van der Waals surface area contributed by atoms with Crippen LogP contribution in [0.5, 0.6) is 0 Å². The van der Waals surface area contributed by atoms with Crippen LogP contribution in [0.3, 0.4) is 0 Å². The molecule has 1 aliphatic heterocycles. The van der Waals surface area contributed by atoms with Gasteiger partial charge in [0, 0.05) is 19.2 Å². The largest absolute Gasteiger partial charge is 0.382 e. The summed E-state index contributed by atoms with van der Waals surface area (Å²) in [5.74, 6) is 0.595. The number of rotatable bonds is 5. The predicted molar refractivity (Wildman–Crippen MR) is 81.2 cm³/mol. The lowest BCUT2D eigenvalue weighted by molar-refractivity contribution is 0.0595. The molecule has 0 spiro atoms. The molecular formula is C13H22N4O2S. The van der Waals surface area contributed by atoms with Crippen LogP contribution in [0, 0.1) is 5.92 Å². The zero-order chi connectivity index (χ0) is 14.5. The Morgan fingerprint density at radius 2 is 2.40 bits per heavy atom. The van der Waals surface area contributed by atoms with E-state index < -0.39 is 0 Å². The average molecular weight is 298 g/mol. The fourth-order valence-corrected chi connectivity index (χ4v) is 2.90. The van der Waals surface area contributed by atoms with Crippen molar-refractivity contribution in [3.8, 4) is 0 Å². The molecule has 1 aliphatic rings. The monoisotopic (exact) mass is 298 g/mol. The topological polar surface area (TPSA) is 89.3 Å². The second-order valence-electron chi connectivity index (χ2n) is 5.36. The second kappa shape index (κ2) is 6.90. The maximum atomic E-state index is 12.1. The SMILES string of the molecule is CC(C)NC(=O)c1c(N)nsc1NCC1CCCOC1. The van der Waals surface area contributed by atoms with Crippen LogP contribution >= 0.6 is 11.5 Å². The van der Waals surface area contributed by atoms with Crippen molar-refractivity contribution in [2.75, 3.05) is 30.8 Å². The number of carbonyl (C=O) groups is 1. The van der Waals surface area contributed by atoms with Crippen LogP contribution in [0.15, 0.2) is 0 Å². The fourth-order valence-electron chi connectivity index (χ4n) is 2.18. The number of nitrogens with zero attached hydrogens (tertiary/aromatic N) is 1.